The number of amides is 1. The summed E-state index contributed by atoms with van der Waals surface area (Å²) in [4.78, 5) is 28.6. The number of fused-ring (bicyclic) bond motifs is 3. The van der Waals surface area contributed by atoms with Crippen molar-refractivity contribution in [3.63, 3.8) is 0 Å². The lowest BCUT2D eigenvalue weighted by Crippen LogP contribution is -2.60. The maximum absolute atomic E-state index is 14.5. The third kappa shape index (κ3) is 4.76. The van der Waals surface area contributed by atoms with Crippen LogP contribution in [0.25, 0.3) is 5.70 Å². The molecule has 1 aromatic carbocycles. The lowest BCUT2D eigenvalue weighted by atomic mass is 10.1. The van der Waals surface area contributed by atoms with Crippen LogP contribution in [0.4, 0.5) is 21.7 Å². The van der Waals surface area contributed by atoms with Crippen LogP contribution in [0.1, 0.15) is 12.6 Å². The molecule has 1 amide bonds. The smallest absolute Gasteiger partial charge is 0.227 e. The predicted molar refractivity (Wildman–Crippen MR) is 146 cm³/mol. The van der Waals surface area contributed by atoms with Crippen molar-refractivity contribution >= 4 is 40.5 Å². The number of hydrogen-bond donors (Lipinski definition) is 1. The Balaban J connectivity index is 1.22. The van der Waals surface area contributed by atoms with Gasteiger partial charge in [0.1, 0.15) is 17.3 Å². The molecule has 2 saturated heterocycles. The molecule has 10 nitrogen and oxygen atoms in total. The normalized spacial score (nSPS) is 23.9. The van der Waals surface area contributed by atoms with Gasteiger partial charge in [-0.1, -0.05) is 11.6 Å². The molecule has 2 aromatic rings. The largest absolute Gasteiger partial charge is 0.494 e. The zero-order chi connectivity index (χ0) is 27.3. The molecule has 12 heteroatoms. The van der Waals surface area contributed by atoms with E-state index in [0.717, 1.165) is 5.69 Å². The van der Waals surface area contributed by atoms with Crippen LogP contribution in [-0.2, 0) is 9.53 Å². The van der Waals surface area contributed by atoms with Crippen LogP contribution in [0.2, 0.25) is 5.02 Å². The van der Waals surface area contributed by atoms with Crippen molar-refractivity contribution < 1.29 is 18.7 Å². The molecule has 4 aliphatic rings. The van der Waals surface area contributed by atoms with Gasteiger partial charge in [-0.3, -0.25) is 4.79 Å². The number of nitrogens with one attached hydrogen (secondary N) is 1. The van der Waals surface area contributed by atoms with Crippen molar-refractivity contribution in [2.45, 2.75) is 25.3 Å². The molecule has 1 aromatic heterocycles. The highest BCUT2D eigenvalue weighted by Gasteiger charge is 2.37. The Morgan fingerprint density at radius 2 is 2.00 bits per heavy atom. The number of methoxy groups -OCH3 is 1. The van der Waals surface area contributed by atoms with Crippen LogP contribution in [0.15, 0.2) is 54.8 Å². The van der Waals surface area contributed by atoms with E-state index < -0.39 is 6.17 Å². The summed E-state index contributed by atoms with van der Waals surface area (Å²) in [5.41, 5.74) is 2.84. The number of morpholine rings is 2. The number of ether oxygens (including phenoxy) is 2. The Kier molecular flexibility index (Phi) is 6.56. The summed E-state index contributed by atoms with van der Waals surface area (Å²) < 4.78 is 26.3. The maximum atomic E-state index is 14.5. The highest BCUT2D eigenvalue weighted by Crippen LogP contribution is 2.38. The lowest BCUT2D eigenvalue weighted by molar-refractivity contribution is -0.145. The molecule has 3 atom stereocenters. The van der Waals surface area contributed by atoms with Crippen molar-refractivity contribution in [1.29, 1.82) is 0 Å². The quantitative estimate of drug-likeness (QED) is 0.597. The minimum atomic E-state index is -0.565. The molecule has 0 saturated carbocycles. The van der Waals surface area contributed by atoms with Crippen molar-refractivity contribution in [1.82, 2.24) is 24.7 Å². The Hall–Kier alpha value is -3.83. The number of hydrogen-bond acceptors (Lipinski definition) is 9. The number of aromatic nitrogens is 2. The van der Waals surface area contributed by atoms with E-state index in [-0.39, 0.29) is 23.9 Å². The average molecular weight is 554 g/mol. The van der Waals surface area contributed by atoms with E-state index in [0.29, 0.717) is 60.0 Å². The standard InChI is InChI=1S/C27H29ClFN7O3/c1-16(37)34-11-18-13-35(14-19(12-34)39-18)17-6-7-22(24(9-17)38-3)31-27-30-10-20(28)25(32-27)23-15-33(2)26-21(29)5-4-8-36(23)26/h4-10,15,18-19,26H,11-14H2,1-3H3,(H,30,31,32). The van der Waals surface area contributed by atoms with E-state index in [9.17, 15) is 9.18 Å². The second kappa shape index (κ2) is 10.0. The minimum absolute atomic E-state index is 0.0340. The van der Waals surface area contributed by atoms with Crippen LogP contribution in [-0.4, -0.2) is 89.3 Å². The number of carbonyl (C=O) groups is 1. The van der Waals surface area contributed by atoms with Crippen LogP contribution in [0.3, 0.4) is 0 Å². The minimum Gasteiger partial charge on any atom is -0.494 e. The number of rotatable bonds is 5. The molecule has 5 heterocycles. The number of likely N-dealkylation sites (N-methyl/N-ethyl adjacent to an activating group) is 1. The fourth-order valence-corrected chi connectivity index (χ4v) is 5.70. The molecule has 4 aliphatic heterocycles. The fourth-order valence-electron chi connectivity index (χ4n) is 5.51. The van der Waals surface area contributed by atoms with Gasteiger partial charge in [-0.05, 0) is 24.3 Å². The molecular weight excluding hydrogens is 525 g/mol. The van der Waals surface area contributed by atoms with E-state index in [1.807, 2.05) is 29.3 Å². The van der Waals surface area contributed by atoms with E-state index in [4.69, 9.17) is 21.1 Å². The summed E-state index contributed by atoms with van der Waals surface area (Å²) >= 11 is 6.49. The van der Waals surface area contributed by atoms with Gasteiger partial charge >= 0.3 is 0 Å². The predicted octanol–water partition coefficient (Wildman–Crippen LogP) is 3.57. The van der Waals surface area contributed by atoms with Crippen molar-refractivity contribution in [2.75, 3.05) is 50.6 Å². The van der Waals surface area contributed by atoms with E-state index >= 15 is 0 Å². The molecule has 3 unspecified atom stereocenters. The van der Waals surface area contributed by atoms with Gasteiger partial charge in [0.15, 0.2) is 6.17 Å². The van der Waals surface area contributed by atoms with Gasteiger partial charge in [-0.25, -0.2) is 14.4 Å². The molecule has 2 bridgehead atoms. The van der Waals surface area contributed by atoms with Crippen LogP contribution in [0, 0.1) is 0 Å². The highest BCUT2D eigenvalue weighted by atomic mass is 35.5. The zero-order valence-corrected chi connectivity index (χ0v) is 22.6. The highest BCUT2D eigenvalue weighted by molar-refractivity contribution is 6.32. The Morgan fingerprint density at radius 1 is 1.23 bits per heavy atom. The Bertz CT molecular complexity index is 1390. The summed E-state index contributed by atoms with van der Waals surface area (Å²) in [5.74, 6) is 0.772. The number of carbonyl (C=O) groups excluding carboxylic acids is 1. The van der Waals surface area contributed by atoms with E-state index in [1.165, 1.54) is 12.3 Å². The first-order valence-electron chi connectivity index (χ1n) is 12.7. The first-order chi connectivity index (χ1) is 18.8. The van der Waals surface area contributed by atoms with Crippen molar-refractivity contribution in [3.8, 4) is 5.75 Å². The Morgan fingerprint density at radius 3 is 2.72 bits per heavy atom. The molecule has 204 valence electrons. The lowest BCUT2D eigenvalue weighted by Gasteiger charge is -2.46. The molecule has 1 N–H and O–H groups in total. The number of halogens is 2. The summed E-state index contributed by atoms with van der Waals surface area (Å²) in [5, 5.41) is 3.59. The molecule has 39 heavy (non-hydrogen) atoms. The fraction of sp³-hybridized carbons (Fsp3) is 0.370. The summed E-state index contributed by atoms with van der Waals surface area (Å²) in [6.45, 7) is 4.16. The second-order valence-electron chi connectivity index (χ2n) is 9.96. The van der Waals surface area contributed by atoms with Crippen LogP contribution >= 0.6 is 11.6 Å². The third-order valence-electron chi connectivity index (χ3n) is 7.31. The van der Waals surface area contributed by atoms with E-state index in [1.54, 1.807) is 43.2 Å². The summed E-state index contributed by atoms with van der Waals surface area (Å²) in [7, 11) is 3.42. The van der Waals surface area contributed by atoms with Gasteiger partial charge in [0, 0.05) is 64.3 Å². The topological polar surface area (TPSA) is 86.3 Å². The van der Waals surface area contributed by atoms with Crippen molar-refractivity contribution in [3.05, 3.63) is 65.5 Å². The number of anilines is 3. The molecule has 0 spiro atoms. The average Bonchev–Trinajstić information content (AvgIpc) is 3.26. The summed E-state index contributed by atoms with van der Waals surface area (Å²) in [6.07, 6.45) is 7.61. The SMILES string of the molecule is COc1cc(N2CC3CN(C(C)=O)CC(C2)O3)ccc1Nc1ncc(Cl)c(C2=CN(C)C3C(F)=CC=CN23)n1. The van der Waals surface area contributed by atoms with Gasteiger partial charge in [-0.15, -0.1) is 0 Å². The third-order valence-corrected chi connectivity index (χ3v) is 7.59. The number of nitrogens with zero attached hydrogens (tertiary/aromatic N) is 6. The zero-order valence-electron chi connectivity index (χ0n) is 21.8. The van der Waals surface area contributed by atoms with Crippen molar-refractivity contribution in [2.24, 2.45) is 0 Å². The molecular formula is C27H29ClFN7O3. The first-order valence-corrected chi connectivity index (χ1v) is 13.1. The second-order valence-corrected chi connectivity index (χ2v) is 10.4. The molecule has 6 rings (SSSR count). The summed E-state index contributed by atoms with van der Waals surface area (Å²) in [6, 6.07) is 5.90. The Labute approximate surface area is 230 Å². The van der Waals surface area contributed by atoms with E-state index in [2.05, 4.69) is 20.2 Å². The molecule has 2 fully saturated rings. The van der Waals surface area contributed by atoms with Gasteiger partial charge in [0.25, 0.3) is 0 Å². The molecule has 0 radical (unpaired) electrons. The van der Waals surface area contributed by atoms with Gasteiger partial charge in [0.2, 0.25) is 11.9 Å². The van der Waals surface area contributed by atoms with Gasteiger partial charge < -0.3 is 34.4 Å². The number of benzene rings is 1. The monoisotopic (exact) mass is 553 g/mol. The van der Waals surface area contributed by atoms with Crippen LogP contribution < -0.4 is 15.0 Å². The maximum Gasteiger partial charge on any atom is 0.227 e. The van der Waals surface area contributed by atoms with Gasteiger partial charge in [-0.2, -0.15) is 0 Å². The van der Waals surface area contributed by atoms with Gasteiger partial charge in [0.05, 0.1) is 41.9 Å². The number of allylic oxidation sites excluding steroid dienone is 2. The molecule has 0 aliphatic carbocycles. The van der Waals surface area contributed by atoms with Crippen LogP contribution in [0.5, 0.6) is 5.75 Å². The first kappa shape index (κ1) is 25.4.